The summed E-state index contributed by atoms with van der Waals surface area (Å²) in [5.41, 5.74) is 1.82. The topological polar surface area (TPSA) is 129 Å². The van der Waals surface area contributed by atoms with E-state index in [4.69, 9.17) is 14.6 Å². The van der Waals surface area contributed by atoms with Crippen LogP contribution in [0.15, 0.2) is 35.6 Å². The van der Waals surface area contributed by atoms with Crippen molar-refractivity contribution in [1.29, 1.82) is 0 Å². The quantitative estimate of drug-likeness (QED) is 0.558. The second kappa shape index (κ2) is 10.1. The fourth-order valence-electron chi connectivity index (χ4n) is 4.57. The predicted octanol–water partition coefficient (Wildman–Crippen LogP) is 0.796. The molecular weight excluding hydrogens is 426 g/mol. The molecule has 11 heteroatoms. The summed E-state index contributed by atoms with van der Waals surface area (Å²) in [6, 6.07) is 4.03. The normalized spacial score (nSPS) is 18.8. The van der Waals surface area contributed by atoms with E-state index in [1.807, 2.05) is 26.0 Å². The number of hydrogen-bond donors (Lipinski definition) is 2. The van der Waals surface area contributed by atoms with Gasteiger partial charge in [-0.15, -0.1) is 10.2 Å². The molecule has 0 spiro atoms. The molecule has 3 aromatic rings. The van der Waals surface area contributed by atoms with Gasteiger partial charge in [0, 0.05) is 57.7 Å². The molecule has 1 fully saturated rings. The third-order valence-corrected chi connectivity index (χ3v) is 6.01. The first-order valence-corrected chi connectivity index (χ1v) is 11.0. The Morgan fingerprint density at radius 2 is 2.12 bits per heavy atom. The van der Waals surface area contributed by atoms with Crippen LogP contribution in [0, 0.1) is 5.92 Å². The number of aliphatic carboxylic acids is 1. The summed E-state index contributed by atoms with van der Waals surface area (Å²) in [5.74, 6) is 1.58. The number of pyridine rings is 1. The number of ether oxygens (including phenoxy) is 1. The van der Waals surface area contributed by atoms with Crippen molar-refractivity contribution in [1.82, 2.24) is 34.2 Å². The minimum Gasteiger partial charge on any atom is -0.481 e. The number of hydrogen-bond acceptors (Lipinski definition) is 7. The first-order chi connectivity index (χ1) is 16.0. The largest absolute Gasteiger partial charge is 0.481 e. The molecule has 5 rings (SSSR count). The number of carboxylic acid groups (broad SMARTS) is 1. The maximum Gasteiger partial charge on any atom is 0.300 e. The van der Waals surface area contributed by atoms with Crippen molar-refractivity contribution in [2.75, 3.05) is 26.8 Å². The molecule has 2 aliphatic rings. The van der Waals surface area contributed by atoms with Gasteiger partial charge in [-0.2, -0.15) is 0 Å². The SMILES string of the molecule is CC(=O)O.COCCn1cnnc1Cn1ccnc1-c1ccc2n(c1=O)C[C@@H]1CNC[C@H]2C1. The third-order valence-electron chi connectivity index (χ3n) is 6.01. The van der Waals surface area contributed by atoms with Gasteiger partial charge < -0.3 is 28.9 Å². The Morgan fingerprint density at radius 1 is 1.30 bits per heavy atom. The monoisotopic (exact) mass is 455 g/mol. The first-order valence-electron chi connectivity index (χ1n) is 11.0. The van der Waals surface area contributed by atoms with Crippen LogP contribution in [0.2, 0.25) is 0 Å². The Balaban J connectivity index is 0.000000601. The van der Waals surface area contributed by atoms with Gasteiger partial charge >= 0.3 is 0 Å². The van der Waals surface area contributed by atoms with Crippen molar-refractivity contribution >= 4 is 5.97 Å². The van der Waals surface area contributed by atoms with Crippen molar-refractivity contribution in [3.05, 3.63) is 52.7 Å². The van der Waals surface area contributed by atoms with Crippen LogP contribution >= 0.6 is 0 Å². The van der Waals surface area contributed by atoms with E-state index in [1.165, 1.54) is 0 Å². The second-order valence-electron chi connectivity index (χ2n) is 8.38. The van der Waals surface area contributed by atoms with Crippen molar-refractivity contribution in [2.45, 2.75) is 38.9 Å². The highest BCUT2D eigenvalue weighted by Gasteiger charge is 2.31. The molecule has 0 amide bonds. The van der Waals surface area contributed by atoms with E-state index >= 15 is 0 Å². The molecule has 176 valence electrons. The van der Waals surface area contributed by atoms with Crippen LogP contribution in [0.25, 0.3) is 11.4 Å². The lowest BCUT2D eigenvalue weighted by molar-refractivity contribution is -0.134. The summed E-state index contributed by atoms with van der Waals surface area (Å²) in [5, 5.41) is 19.1. The molecule has 2 N–H and O–H groups in total. The molecular formula is C22H29N7O4. The van der Waals surface area contributed by atoms with Crippen molar-refractivity contribution in [3.8, 4) is 11.4 Å². The fraction of sp³-hybridized carbons (Fsp3) is 0.500. The number of nitrogens with zero attached hydrogens (tertiary/aromatic N) is 6. The highest BCUT2D eigenvalue weighted by atomic mass is 16.5. The van der Waals surface area contributed by atoms with Gasteiger partial charge in [-0.05, 0) is 31.0 Å². The van der Waals surface area contributed by atoms with Crippen LogP contribution in [0.5, 0.6) is 0 Å². The summed E-state index contributed by atoms with van der Waals surface area (Å²) >= 11 is 0. The van der Waals surface area contributed by atoms with Gasteiger partial charge in [-0.1, -0.05) is 0 Å². The zero-order valence-corrected chi connectivity index (χ0v) is 18.8. The minimum atomic E-state index is -0.833. The highest BCUT2D eigenvalue weighted by Crippen LogP contribution is 2.32. The van der Waals surface area contributed by atoms with E-state index in [9.17, 15) is 4.79 Å². The number of aromatic nitrogens is 6. The molecule has 0 saturated carbocycles. The van der Waals surface area contributed by atoms with Crippen LogP contribution < -0.4 is 10.9 Å². The molecule has 33 heavy (non-hydrogen) atoms. The van der Waals surface area contributed by atoms with Gasteiger partial charge in [0.25, 0.3) is 11.5 Å². The number of rotatable bonds is 6. The predicted molar refractivity (Wildman–Crippen MR) is 120 cm³/mol. The summed E-state index contributed by atoms with van der Waals surface area (Å²) in [7, 11) is 1.67. The Hall–Kier alpha value is -3.31. The number of imidazole rings is 1. The van der Waals surface area contributed by atoms with Gasteiger partial charge in [0.15, 0.2) is 5.82 Å². The lowest BCUT2D eigenvalue weighted by Gasteiger charge is -2.37. The Labute approximate surface area is 191 Å². The molecule has 2 atom stereocenters. The average Bonchev–Trinajstić information content (AvgIpc) is 3.43. The second-order valence-corrected chi connectivity index (χ2v) is 8.38. The lowest BCUT2D eigenvalue weighted by Crippen LogP contribution is -2.45. The molecule has 1 saturated heterocycles. The number of piperidine rings is 1. The smallest absolute Gasteiger partial charge is 0.300 e. The molecule has 5 heterocycles. The van der Waals surface area contributed by atoms with E-state index in [-0.39, 0.29) is 5.56 Å². The Kier molecular flexibility index (Phi) is 6.99. The number of methoxy groups -OCH3 is 1. The van der Waals surface area contributed by atoms with Crippen molar-refractivity contribution in [2.24, 2.45) is 5.92 Å². The highest BCUT2D eigenvalue weighted by molar-refractivity contribution is 5.63. The van der Waals surface area contributed by atoms with Crippen LogP contribution in [-0.2, 0) is 29.2 Å². The van der Waals surface area contributed by atoms with E-state index in [2.05, 4.69) is 26.6 Å². The number of nitrogens with one attached hydrogen (secondary N) is 1. The molecule has 0 radical (unpaired) electrons. The van der Waals surface area contributed by atoms with E-state index in [1.54, 1.807) is 19.6 Å². The number of carbonyl (C=O) groups is 1. The van der Waals surface area contributed by atoms with Crippen molar-refractivity contribution < 1.29 is 14.6 Å². The van der Waals surface area contributed by atoms with E-state index in [0.717, 1.165) is 44.5 Å². The summed E-state index contributed by atoms with van der Waals surface area (Å²) in [6.07, 6.45) is 6.48. The van der Waals surface area contributed by atoms with Gasteiger partial charge in [-0.3, -0.25) is 9.59 Å². The van der Waals surface area contributed by atoms with E-state index < -0.39 is 5.97 Å². The van der Waals surface area contributed by atoms with E-state index in [0.29, 0.717) is 42.9 Å². The zero-order valence-electron chi connectivity index (χ0n) is 18.8. The van der Waals surface area contributed by atoms with Crippen LogP contribution in [-0.4, -0.2) is 66.8 Å². The summed E-state index contributed by atoms with van der Waals surface area (Å²) in [6.45, 7) is 5.55. The molecule has 11 nitrogen and oxygen atoms in total. The average molecular weight is 456 g/mol. The zero-order chi connectivity index (χ0) is 23.4. The standard InChI is InChI=1S/C20H25N7O2.C2H4O2/c1-29-7-6-26-13-23-24-18(26)12-25-5-4-22-19(25)16-2-3-17-15-8-14(9-21-10-15)11-27(17)20(16)28;1-2(3)4/h2-5,13-15,21H,6-12H2,1H3;1H3,(H,3,4)/t14-,15+;/m0./s1. The lowest BCUT2D eigenvalue weighted by atomic mass is 9.84. The van der Waals surface area contributed by atoms with Gasteiger partial charge in [0.2, 0.25) is 0 Å². The number of fused-ring (bicyclic) bond motifs is 4. The molecule has 2 aliphatic heterocycles. The fourth-order valence-corrected chi connectivity index (χ4v) is 4.57. The third kappa shape index (κ3) is 5.04. The van der Waals surface area contributed by atoms with Gasteiger partial charge in [0.1, 0.15) is 12.2 Å². The Bertz CT molecular complexity index is 1160. The van der Waals surface area contributed by atoms with Gasteiger partial charge in [-0.25, -0.2) is 4.98 Å². The summed E-state index contributed by atoms with van der Waals surface area (Å²) < 4.78 is 11.0. The van der Waals surface area contributed by atoms with Crippen LogP contribution in [0.4, 0.5) is 0 Å². The Morgan fingerprint density at radius 3 is 2.91 bits per heavy atom. The molecule has 0 unspecified atom stereocenters. The van der Waals surface area contributed by atoms with Crippen LogP contribution in [0.3, 0.4) is 0 Å². The first kappa shape index (κ1) is 22.9. The van der Waals surface area contributed by atoms with Gasteiger partial charge in [0.05, 0.1) is 18.7 Å². The maximum absolute atomic E-state index is 13.3. The maximum atomic E-state index is 13.3. The van der Waals surface area contributed by atoms with Crippen molar-refractivity contribution in [3.63, 3.8) is 0 Å². The molecule has 2 bridgehead atoms. The van der Waals surface area contributed by atoms with Crippen LogP contribution in [0.1, 0.15) is 30.8 Å². The minimum absolute atomic E-state index is 0.0485. The molecule has 0 aromatic carbocycles. The molecule has 3 aromatic heterocycles. The summed E-state index contributed by atoms with van der Waals surface area (Å²) in [4.78, 5) is 26.8. The molecule has 0 aliphatic carbocycles. The number of carboxylic acids is 1.